The lowest BCUT2D eigenvalue weighted by molar-refractivity contribution is -0.385. The van der Waals surface area contributed by atoms with E-state index in [2.05, 4.69) is 22.6 Å². The smallest absolute Gasteiger partial charge is 0.269 e. The number of anilines is 1. The lowest BCUT2D eigenvalue weighted by Gasteiger charge is -2.36. The van der Waals surface area contributed by atoms with Crippen LogP contribution in [0.15, 0.2) is 78.9 Å². The van der Waals surface area contributed by atoms with Gasteiger partial charge in [-0.1, -0.05) is 55.5 Å². The Hall–Kier alpha value is -3.61. The van der Waals surface area contributed by atoms with Crippen LogP contribution < -0.4 is 4.90 Å². The van der Waals surface area contributed by atoms with E-state index in [1.807, 2.05) is 48.5 Å². The van der Waals surface area contributed by atoms with Gasteiger partial charge in [0.2, 0.25) is 5.91 Å². The SMILES string of the molecule is C[C@@H](/C=C/CC(=O)N1Cc2ccccc2C[C@H]1CO)[C@]1(O)C(=O)N(Cc2cccc(I)c2)c2ccc([N+](=O)[O-])cc21. The summed E-state index contributed by atoms with van der Waals surface area (Å²) in [6.45, 7) is 2.09. The van der Waals surface area contributed by atoms with E-state index in [1.165, 1.54) is 23.1 Å². The summed E-state index contributed by atoms with van der Waals surface area (Å²) >= 11 is 2.18. The third kappa shape index (κ3) is 5.51. The maximum atomic E-state index is 13.8. The topological polar surface area (TPSA) is 124 Å². The fourth-order valence-electron chi connectivity index (χ4n) is 5.70. The van der Waals surface area contributed by atoms with E-state index in [0.717, 1.165) is 20.3 Å². The average Bonchev–Trinajstić information content (AvgIpc) is 3.18. The number of nitro groups is 1. The minimum atomic E-state index is -2.06. The molecule has 41 heavy (non-hydrogen) atoms. The summed E-state index contributed by atoms with van der Waals surface area (Å²) in [4.78, 5) is 41.1. The van der Waals surface area contributed by atoms with Gasteiger partial charge in [0, 0.05) is 40.1 Å². The number of halogens is 1. The lowest BCUT2D eigenvalue weighted by atomic mass is 9.82. The minimum absolute atomic E-state index is 0.0151. The first-order chi connectivity index (χ1) is 19.6. The number of carbonyl (C=O) groups excluding carboxylic acids is 2. The standard InChI is InChI=1S/C31H30IN3O6/c1-20(6-4-11-29(37)33-18-23-9-3-2-8-22(23)15-26(33)19-36)31(39)27-16-25(35(40)41)12-13-28(27)34(30(31)38)17-21-7-5-10-24(32)14-21/h2-10,12-14,16,20,26,36,39H,11,15,17-19H2,1H3/b6-4+/t20-,26-,31+/m0/s1. The Balaban J connectivity index is 1.38. The number of fused-ring (bicyclic) bond motifs is 2. The number of rotatable bonds is 8. The monoisotopic (exact) mass is 667 g/mol. The van der Waals surface area contributed by atoms with E-state index in [1.54, 1.807) is 24.0 Å². The van der Waals surface area contributed by atoms with Gasteiger partial charge in [0.1, 0.15) is 0 Å². The Labute approximate surface area is 251 Å². The van der Waals surface area contributed by atoms with E-state index in [-0.39, 0.29) is 42.8 Å². The summed E-state index contributed by atoms with van der Waals surface area (Å²) in [5, 5.41) is 33.4. The number of aliphatic hydroxyl groups excluding tert-OH is 1. The van der Waals surface area contributed by atoms with Crippen LogP contribution in [0.5, 0.6) is 0 Å². The van der Waals surface area contributed by atoms with Crippen molar-refractivity contribution in [3.63, 3.8) is 0 Å². The molecule has 3 aromatic carbocycles. The van der Waals surface area contributed by atoms with Gasteiger partial charge in [-0.05, 0) is 63.9 Å². The molecule has 0 aliphatic carbocycles. The van der Waals surface area contributed by atoms with Gasteiger partial charge in [0.05, 0.1) is 29.8 Å². The number of benzene rings is 3. The Morgan fingerprint density at radius 1 is 1.17 bits per heavy atom. The van der Waals surface area contributed by atoms with Crippen LogP contribution in [0.3, 0.4) is 0 Å². The second kappa shape index (κ2) is 11.7. The molecule has 5 rings (SSSR count). The Morgan fingerprint density at radius 2 is 1.93 bits per heavy atom. The molecule has 2 N–H and O–H groups in total. The van der Waals surface area contributed by atoms with Gasteiger partial charge in [-0.25, -0.2) is 0 Å². The first-order valence-electron chi connectivity index (χ1n) is 13.3. The molecule has 0 radical (unpaired) electrons. The number of carbonyl (C=O) groups is 2. The Bertz CT molecular complexity index is 1540. The van der Waals surface area contributed by atoms with Crippen molar-refractivity contribution >= 4 is 45.8 Å². The zero-order chi connectivity index (χ0) is 29.3. The molecule has 0 saturated carbocycles. The first kappa shape index (κ1) is 28.9. The van der Waals surface area contributed by atoms with Gasteiger partial charge in [-0.15, -0.1) is 0 Å². The third-order valence-electron chi connectivity index (χ3n) is 7.96. The molecule has 0 fully saturated rings. The largest absolute Gasteiger partial charge is 0.394 e. The van der Waals surface area contributed by atoms with Crippen molar-refractivity contribution in [2.75, 3.05) is 11.5 Å². The quantitative estimate of drug-likeness (QED) is 0.158. The highest BCUT2D eigenvalue weighted by molar-refractivity contribution is 14.1. The number of hydrogen-bond donors (Lipinski definition) is 2. The number of non-ortho nitro benzene ring substituents is 1. The van der Waals surface area contributed by atoms with E-state index < -0.39 is 22.3 Å². The highest BCUT2D eigenvalue weighted by Gasteiger charge is 2.53. The van der Waals surface area contributed by atoms with Crippen molar-refractivity contribution in [3.05, 3.63) is 115 Å². The molecule has 2 aliphatic rings. The van der Waals surface area contributed by atoms with Gasteiger partial charge in [-0.3, -0.25) is 19.7 Å². The summed E-state index contributed by atoms with van der Waals surface area (Å²) < 4.78 is 0.993. The zero-order valence-electron chi connectivity index (χ0n) is 22.4. The molecule has 0 bridgehead atoms. The van der Waals surface area contributed by atoms with Gasteiger partial charge < -0.3 is 20.0 Å². The van der Waals surface area contributed by atoms with Gasteiger partial charge in [0.25, 0.3) is 11.6 Å². The van der Waals surface area contributed by atoms with Crippen molar-refractivity contribution in [2.24, 2.45) is 5.92 Å². The van der Waals surface area contributed by atoms with Crippen LogP contribution in [0.4, 0.5) is 11.4 Å². The van der Waals surface area contributed by atoms with Crippen LogP contribution in [-0.4, -0.2) is 44.5 Å². The Kier molecular flexibility index (Phi) is 8.25. The number of amides is 2. The van der Waals surface area contributed by atoms with Crippen LogP contribution in [-0.2, 0) is 34.7 Å². The fourth-order valence-corrected chi connectivity index (χ4v) is 6.30. The summed E-state index contributed by atoms with van der Waals surface area (Å²) in [7, 11) is 0. The summed E-state index contributed by atoms with van der Waals surface area (Å²) in [5.74, 6) is -1.55. The number of nitrogens with zero attached hydrogens (tertiary/aromatic N) is 3. The van der Waals surface area contributed by atoms with Gasteiger partial charge >= 0.3 is 0 Å². The zero-order valence-corrected chi connectivity index (χ0v) is 24.6. The van der Waals surface area contributed by atoms with Crippen molar-refractivity contribution in [1.82, 2.24) is 4.90 Å². The van der Waals surface area contributed by atoms with Gasteiger partial charge in [-0.2, -0.15) is 0 Å². The number of nitro benzene ring substituents is 1. The fraction of sp³-hybridized carbons (Fsp3) is 0.290. The van der Waals surface area contributed by atoms with E-state index in [9.17, 15) is 29.9 Å². The maximum Gasteiger partial charge on any atom is 0.269 e. The van der Waals surface area contributed by atoms with Crippen molar-refractivity contribution in [3.8, 4) is 0 Å². The molecular weight excluding hydrogens is 637 g/mol. The highest BCUT2D eigenvalue weighted by Crippen LogP contribution is 2.47. The molecule has 212 valence electrons. The van der Waals surface area contributed by atoms with Crippen LogP contribution in [0.1, 0.15) is 35.6 Å². The van der Waals surface area contributed by atoms with E-state index in [4.69, 9.17) is 0 Å². The van der Waals surface area contributed by atoms with Crippen molar-refractivity contribution < 1.29 is 24.7 Å². The molecule has 3 atom stereocenters. The normalized spacial score (nSPS) is 20.7. The number of hydrogen-bond acceptors (Lipinski definition) is 6. The summed E-state index contributed by atoms with van der Waals surface area (Å²) in [6, 6.07) is 19.2. The molecule has 0 saturated heterocycles. The van der Waals surface area contributed by atoms with Crippen LogP contribution in [0.25, 0.3) is 0 Å². The molecule has 0 spiro atoms. The van der Waals surface area contributed by atoms with Crippen LogP contribution in [0.2, 0.25) is 0 Å². The molecule has 2 aliphatic heterocycles. The first-order valence-corrected chi connectivity index (χ1v) is 14.4. The molecule has 0 aromatic heterocycles. The molecule has 2 heterocycles. The van der Waals surface area contributed by atoms with E-state index in [0.29, 0.717) is 18.7 Å². The maximum absolute atomic E-state index is 13.8. The second-order valence-electron chi connectivity index (χ2n) is 10.5. The second-order valence-corrected chi connectivity index (χ2v) is 11.7. The van der Waals surface area contributed by atoms with Crippen molar-refractivity contribution in [1.29, 1.82) is 0 Å². The minimum Gasteiger partial charge on any atom is -0.394 e. The molecule has 2 amide bonds. The molecule has 3 aromatic rings. The summed E-state index contributed by atoms with van der Waals surface area (Å²) in [5.41, 5.74) is 1.31. The van der Waals surface area contributed by atoms with Crippen molar-refractivity contribution in [2.45, 2.75) is 44.5 Å². The highest BCUT2D eigenvalue weighted by atomic mass is 127. The molecule has 0 unspecified atom stereocenters. The van der Waals surface area contributed by atoms with Crippen LogP contribution in [0, 0.1) is 19.6 Å². The Morgan fingerprint density at radius 3 is 2.63 bits per heavy atom. The van der Waals surface area contributed by atoms with E-state index >= 15 is 0 Å². The predicted molar refractivity (Wildman–Crippen MR) is 162 cm³/mol. The van der Waals surface area contributed by atoms with Gasteiger partial charge in [0.15, 0.2) is 5.60 Å². The average molecular weight is 668 g/mol. The molecular formula is C31H30IN3O6. The van der Waals surface area contributed by atoms with Crippen LogP contribution >= 0.6 is 22.6 Å². The summed E-state index contributed by atoms with van der Waals surface area (Å²) in [6.07, 6.45) is 3.81. The molecule has 10 heteroatoms. The lowest BCUT2D eigenvalue weighted by Crippen LogP contribution is -2.46. The number of aliphatic hydroxyl groups is 2. The predicted octanol–water partition coefficient (Wildman–Crippen LogP) is 4.46. The third-order valence-corrected chi connectivity index (χ3v) is 8.63. The molecule has 9 nitrogen and oxygen atoms in total.